The summed E-state index contributed by atoms with van der Waals surface area (Å²) in [6.07, 6.45) is 0.593. The number of benzene rings is 2. The molecule has 0 bridgehead atoms. The van der Waals surface area contributed by atoms with Crippen LogP contribution in [0.25, 0.3) is 0 Å². The van der Waals surface area contributed by atoms with Crippen molar-refractivity contribution in [1.82, 2.24) is 9.91 Å². The van der Waals surface area contributed by atoms with Crippen molar-refractivity contribution in [3.8, 4) is 0 Å². The van der Waals surface area contributed by atoms with Crippen LogP contribution in [0.3, 0.4) is 0 Å². The van der Waals surface area contributed by atoms with Gasteiger partial charge in [0.25, 0.3) is 11.8 Å². The van der Waals surface area contributed by atoms with Crippen molar-refractivity contribution in [1.29, 1.82) is 0 Å². The zero-order valence-corrected chi connectivity index (χ0v) is 19.0. The van der Waals surface area contributed by atoms with Gasteiger partial charge >= 0.3 is 0 Å². The molecule has 2 aromatic carbocycles. The van der Waals surface area contributed by atoms with Crippen LogP contribution in [0, 0.1) is 0 Å². The van der Waals surface area contributed by atoms with Crippen LogP contribution < -0.4 is 0 Å². The van der Waals surface area contributed by atoms with Crippen molar-refractivity contribution in [3.63, 3.8) is 0 Å². The smallest absolute Gasteiger partial charge is 0.262 e. The zero-order chi connectivity index (χ0) is 22.0. The number of hydrogen-bond donors (Lipinski definition) is 0. The molecule has 0 saturated heterocycles. The number of thiophene rings is 1. The van der Waals surface area contributed by atoms with E-state index in [9.17, 15) is 9.59 Å². The second-order valence-electron chi connectivity index (χ2n) is 7.17. The van der Waals surface area contributed by atoms with E-state index >= 15 is 0 Å². The van der Waals surface area contributed by atoms with Gasteiger partial charge in [-0.15, -0.1) is 11.3 Å². The number of hydrogen-bond acceptors (Lipinski definition) is 4. The lowest BCUT2D eigenvalue weighted by atomic mass is 10.0. The molecule has 0 saturated carbocycles. The Labute approximate surface area is 194 Å². The van der Waals surface area contributed by atoms with E-state index in [0.717, 1.165) is 16.2 Å². The van der Waals surface area contributed by atoms with Crippen molar-refractivity contribution < 1.29 is 9.59 Å². The summed E-state index contributed by atoms with van der Waals surface area (Å²) >= 11 is 13.8. The lowest BCUT2D eigenvalue weighted by Gasteiger charge is -2.25. The quantitative estimate of drug-likeness (QED) is 0.492. The summed E-state index contributed by atoms with van der Waals surface area (Å²) in [4.78, 5) is 28.4. The van der Waals surface area contributed by atoms with Gasteiger partial charge in [0.05, 0.1) is 27.2 Å². The van der Waals surface area contributed by atoms with Gasteiger partial charge in [0.1, 0.15) is 6.54 Å². The Morgan fingerprint density at radius 3 is 2.52 bits per heavy atom. The monoisotopic (exact) mass is 471 g/mol. The summed E-state index contributed by atoms with van der Waals surface area (Å²) in [6, 6.07) is 17.9. The lowest BCUT2D eigenvalue weighted by Crippen LogP contribution is -2.39. The Kier molecular flexibility index (Phi) is 6.41. The van der Waals surface area contributed by atoms with Gasteiger partial charge in [-0.2, -0.15) is 5.10 Å². The standard InChI is InChI=1S/C23H19Cl2N3O2S/c1-27(23(30)17-5-2-3-6-18(17)25)14-22(29)28-20(15-8-10-16(24)11-9-15)13-19(26-28)21-7-4-12-31-21/h2-12,20H,13-14H2,1H3/t20-/m0/s1. The first-order valence-corrected chi connectivity index (χ1v) is 11.3. The number of carbonyl (C=O) groups excluding carboxylic acids is 2. The third-order valence-corrected chi connectivity index (χ3v) is 6.55. The van der Waals surface area contributed by atoms with E-state index in [4.69, 9.17) is 23.2 Å². The first-order chi connectivity index (χ1) is 14.9. The summed E-state index contributed by atoms with van der Waals surface area (Å²) < 4.78 is 0. The first-order valence-electron chi connectivity index (χ1n) is 9.63. The minimum Gasteiger partial charge on any atom is -0.332 e. The highest BCUT2D eigenvalue weighted by molar-refractivity contribution is 7.12. The highest BCUT2D eigenvalue weighted by Gasteiger charge is 2.34. The summed E-state index contributed by atoms with van der Waals surface area (Å²) in [6.45, 7) is -0.116. The Morgan fingerprint density at radius 2 is 1.84 bits per heavy atom. The van der Waals surface area contributed by atoms with E-state index in [2.05, 4.69) is 5.10 Å². The van der Waals surface area contributed by atoms with Gasteiger partial charge < -0.3 is 4.90 Å². The van der Waals surface area contributed by atoms with Crippen molar-refractivity contribution in [2.75, 3.05) is 13.6 Å². The summed E-state index contributed by atoms with van der Waals surface area (Å²) in [5.74, 6) is -0.585. The molecular weight excluding hydrogens is 453 g/mol. The van der Waals surface area contributed by atoms with Gasteiger partial charge in [-0.1, -0.05) is 53.5 Å². The van der Waals surface area contributed by atoms with Gasteiger partial charge in [0.15, 0.2) is 0 Å². The maximum Gasteiger partial charge on any atom is 0.262 e. The second kappa shape index (κ2) is 9.22. The van der Waals surface area contributed by atoms with Crippen LogP contribution in [0.2, 0.25) is 10.0 Å². The fraction of sp³-hybridized carbons (Fsp3) is 0.174. The molecule has 1 aliphatic heterocycles. The number of carbonyl (C=O) groups is 2. The fourth-order valence-electron chi connectivity index (χ4n) is 3.46. The number of hydrazone groups is 1. The number of nitrogens with zero attached hydrogens (tertiary/aromatic N) is 3. The average molecular weight is 472 g/mol. The van der Waals surface area contributed by atoms with E-state index in [1.54, 1.807) is 54.8 Å². The predicted molar refractivity (Wildman–Crippen MR) is 125 cm³/mol. The summed E-state index contributed by atoms with van der Waals surface area (Å²) in [5.41, 5.74) is 2.15. The minimum atomic E-state index is -0.316. The Bertz CT molecular complexity index is 1130. The summed E-state index contributed by atoms with van der Waals surface area (Å²) in [7, 11) is 1.58. The Morgan fingerprint density at radius 1 is 1.10 bits per heavy atom. The van der Waals surface area contributed by atoms with Crippen molar-refractivity contribution in [2.24, 2.45) is 5.10 Å². The van der Waals surface area contributed by atoms with E-state index < -0.39 is 0 Å². The molecule has 2 amide bonds. The lowest BCUT2D eigenvalue weighted by molar-refractivity contribution is -0.133. The number of halogens is 2. The number of amides is 2. The maximum absolute atomic E-state index is 13.2. The highest BCUT2D eigenvalue weighted by Crippen LogP contribution is 2.34. The third kappa shape index (κ3) is 4.66. The van der Waals surface area contributed by atoms with Crippen molar-refractivity contribution in [3.05, 3.63) is 92.1 Å². The third-order valence-electron chi connectivity index (χ3n) is 5.05. The van der Waals surface area contributed by atoms with E-state index in [1.165, 1.54) is 9.91 Å². The molecule has 0 fully saturated rings. The highest BCUT2D eigenvalue weighted by atomic mass is 35.5. The molecule has 1 aromatic heterocycles. The molecule has 4 rings (SSSR count). The van der Waals surface area contributed by atoms with E-state index in [0.29, 0.717) is 22.0 Å². The number of rotatable bonds is 5. The summed E-state index contributed by atoms with van der Waals surface area (Å²) in [5, 5.41) is 9.07. The van der Waals surface area contributed by atoms with E-state index in [1.807, 2.05) is 29.6 Å². The molecule has 0 spiro atoms. The molecular formula is C23H19Cl2N3O2S. The molecule has 5 nitrogen and oxygen atoms in total. The van der Waals surface area contributed by atoms with Gasteiger partial charge in [-0.05, 0) is 41.3 Å². The van der Waals surface area contributed by atoms with Crippen LogP contribution in [0.15, 0.2) is 71.1 Å². The SMILES string of the molecule is CN(CC(=O)N1N=C(c2cccs2)C[C@H]1c1ccc(Cl)cc1)C(=O)c1ccccc1Cl. The van der Waals surface area contributed by atoms with E-state index in [-0.39, 0.29) is 24.4 Å². The van der Waals surface area contributed by atoms with Gasteiger partial charge in [-0.3, -0.25) is 9.59 Å². The Hall–Kier alpha value is -2.67. The zero-order valence-electron chi connectivity index (χ0n) is 16.7. The molecule has 1 aliphatic rings. The van der Waals surface area contributed by atoms with Crippen molar-refractivity contribution >= 4 is 52.1 Å². The van der Waals surface area contributed by atoms with Crippen LogP contribution in [-0.4, -0.2) is 41.0 Å². The minimum absolute atomic E-state index is 0.116. The molecule has 0 N–H and O–H groups in total. The van der Waals surface area contributed by atoms with Gasteiger partial charge in [0.2, 0.25) is 0 Å². The molecule has 8 heteroatoms. The van der Waals surface area contributed by atoms with Crippen LogP contribution in [0.5, 0.6) is 0 Å². The molecule has 0 unspecified atom stereocenters. The van der Waals surface area contributed by atoms with Crippen LogP contribution in [-0.2, 0) is 4.79 Å². The Balaban J connectivity index is 1.57. The molecule has 158 valence electrons. The normalized spacial score (nSPS) is 15.6. The van der Waals surface area contributed by atoms with Gasteiger partial charge in [-0.25, -0.2) is 5.01 Å². The predicted octanol–water partition coefficient (Wildman–Crippen LogP) is 5.50. The van der Waals surface area contributed by atoms with Crippen LogP contribution in [0.1, 0.15) is 33.3 Å². The molecule has 31 heavy (non-hydrogen) atoms. The molecule has 3 aromatic rings. The fourth-order valence-corrected chi connectivity index (χ4v) is 4.53. The molecule has 1 atom stereocenters. The van der Waals surface area contributed by atoms with Crippen LogP contribution >= 0.6 is 34.5 Å². The molecule has 2 heterocycles. The van der Waals surface area contributed by atoms with Crippen LogP contribution in [0.4, 0.5) is 0 Å². The first kappa shape index (κ1) is 21.6. The number of likely N-dealkylation sites (N-methyl/N-ethyl adjacent to an activating group) is 1. The molecule has 0 radical (unpaired) electrons. The molecule has 0 aliphatic carbocycles. The second-order valence-corrected chi connectivity index (χ2v) is 8.97. The average Bonchev–Trinajstić information content (AvgIpc) is 3.44. The van der Waals surface area contributed by atoms with Crippen molar-refractivity contribution in [2.45, 2.75) is 12.5 Å². The largest absolute Gasteiger partial charge is 0.332 e. The topological polar surface area (TPSA) is 53.0 Å². The maximum atomic E-state index is 13.2. The van der Waals surface area contributed by atoms with Gasteiger partial charge in [0, 0.05) is 18.5 Å².